The molecule has 0 amide bonds. The van der Waals surface area contributed by atoms with Crippen LogP contribution in [0.15, 0.2) is 48.5 Å². The molecule has 0 bridgehead atoms. The fourth-order valence-corrected chi connectivity index (χ4v) is 2.23. The average molecular weight is 283 g/mol. The molecule has 0 aromatic heterocycles. The summed E-state index contributed by atoms with van der Waals surface area (Å²) in [5, 5.41) is 3.41. The Balaban J connectivity index is 2.11. The van der Waals surface area contributed by atoms with Gasteiger partial charge in [0.15, 0.2) is 0 Å². The van der Waals surface area contributed by atoms with Gasteiger partial charge in [0.25, 0.3) is 0 Å². The van der Waals surface area contributed by atoms with Gasteiger partial charge < -0.3 is 10.1 Å². The molecule has 1 N–H and O–H groups in total. The first kappa shape index (κ1) is 15.1. The van der Waals surface area contributed by atoms with Gasteiger partial charge >= 0.3 is 5.97 Å². The van der Waals surface area contributed by atoms with Crippen LogP contribution in [-0.4, -0.2) is 13.1 Å². The van der Waals surface area contributed by atoms with Crippen molar-refractivity contribution < 1.29 is 9.53 Å². The second-order valence-corrected chi connectivity index (χ2v) is 5.03. The number of nitrogens with one attached hydrogen (secondary N) is 1. The third-order valence-electron chi connectivity index (χ3n) is 3.55. The van der Waals surface area contributed by atoms with Gasteiger partial charge in [-0.2, -0.15) is 0 Å². The Kier molecular flexibility index (Phi) is 4.99. The Bertz CT molecular complexity index is 605. The number of hydrogen-bond donors (Lipinski definition) is 1. The minimum Gasteiger partial charge on any atom is -0.465 e. The van der Waals surface area contributed by atoms with Crippen molar-refractivity contribution in [3.05, 3.63) is 65.2 Å². The van der Waals surface area contributed by atoms with Crippen molar-refractivity contribution in [2.45, 2.75) is 26.3 Å². The lowest BCUT2D eigenvalue weighted by Gasteiger charge is -2.16. The van der Waals surface area contributed by atoms with Gasteiger partial charge in [0.1, 0.15) is 0 Å². The number of aryl methyl sites for hydroxylation is 1. The molecule has 0 aliphatic heterocycles. The van der Waals surface area contributed by atoms with Gasteiger partial charge in [-0.25, -0.2) is 4.79 Å². The monoisotopic (exact) mass is 283 g/mol. The number of methoxy groups -OCH3 is 1. The maximum absolute atomic E-state index is 11.5. The molecule has 21 heavy (non-hydrogen) atoms. The van der Waals surface area contributed by atoms with Crippen LogP contribution in [0.25, 0.3) is 0 Å². The maximum Gasteiger partial charge on any atom is 0.337 e. The molecule has 2 aromatic carbocycles. The third kappa shape index (κ3) is 3.85. The number of hydrogen-bond acceptors (Lipinski definition) is 3. The van der Waals surface area contributed by atoms with E-state index in [9.17, 15) is 4.79 Å². The zero-order valence-electron chi connectivity index (χ0n) is 12.7. The van der Waals surface area contributed by atoms with E-state index >= 15 is 0 Å². The molecular formula is C18H21NO2. The summed E-state index contributed by atoms with van der Waals surface area (Å²) in [7, 11) is 1.39. The van der Waals surface area contributed by atoms with Gasteiger partial charge in [-0.15, -0.1) is 0 Å². The number of rotatable bonds is 5. The third-order valence-corrected chi connectivity index (χ3v) is 3.55. The molecule has 3 nitrogen and oxygen atoms in total. The lowest BCUT2D eigenvalue weighted by atomic mass is 10.0. The van der Waals surface area contributed by atoms with E-state index in [-0.39, 0.29) is 12.0 Å². The van der Waals surface area contributed by atoms with Crippen LogP contribution in [-0.2, 0) is 11.2 Å². The molecule has 1 unspecified atom stereocenters. The van der Waals surface area contributed by atoms with Crippen molar-refractivity contribution in [2.24, 2.45) is 0 Å². The minimum atomic E-state index is -0.321. The van der Waals surface area contributed by atoms with E-state index in [1.54, 1.807) is 6.07 Å². The predicted molar refractivity (Wildman–Crippen MR) is 85.6 cm³/mol. The molecule has 0 heterocycles. The summed E-state index contributed by atoms with van der Waals surface area (Å²) < 4.78 is 4.74. The molecule has 3 heteroatoms. The van der Waals surface area contributed by atoms with E-state index in [2.05, 4.69) is 43.4 Å². The fraction of sp³-hybridized carbons (Fsp3) is 0.278. The largest absolute Gasteiger partial charge is 0.465 e. The number of carbonyl (C=O) groups excluding carboxylic acids is 1. The number of benzene rings is 2. The van der Waals surface area contributed by atoms with Crippen molar-refractivity contribution in [3.63, 3.8) is 0 Å². The van der Waals surface area contributed by atoms with E-state index in [4.69, 9.17) is 4.74 Å². The molecule has 0 saturated carbocycles. The first-order valence-electron chi connectivity index (χ1n) is 7.17. The molecule has 0 aliphatic rings. The SMILES string of the molecule is CCc1ccc(C(C)Nc2cccc(C(=O)OC)c2)cc1. The van der Waals surface area contributed by atoms with Crippen LogP contribution in [0.3, 0.4) is 0 Å². The van der Waals surface area contributed by atoms with Crippen LogP contribution in [0.5, 0.6) is 0 Å². The summed E-state index contributed by atoms with van der Waals surface area (Å²) in [6.45, 7) is 4.25. The van der Waals surface area contributed by atoms with Crippen molar-refractivity contribution in [3.8, 4) is 0 Å². The van der Waals surface area contributed by atoms with E-state index in [1.165, 1.54) is 18.2 Å². The zero-order chi connectivity index (χ0) is 15.2. The van der Waals surface area contributed by atoms with Crippen LogP contribution < -0.4 is 5.32 Å². The van der Waals surface area contributed by atoms with Crippen LogP contribution in [0, 0.1) is 0 Å². The summed E-state index contributed by atoms with van der Waals surface area (Å²) in [6, 6.07) is 16.1. The van der Waals surface area contributed by atoms with Crippen molar-refractivity contribution in [1.29, 1.82) is 0 Å². The Hall–Kier alpha value is -2.29. The van der Waals surface area contributed by atoms with Crippen molar-refractivity contribution in [1.82, 2.24) is 0 Å². The van der Waals surface area contributed by atoms with Gasteiger partial charge in [-0.05, 0) is 42.7 Å². The van der Waals surface area contributed by atoms with E-state index in [1.807, 2.05) is 18.2 Å². The molecule has 2 aromatic rings. The molecular weight excluding hydrogens is 262 g/mol. The van der Waals surface area contributed by atoms with Crippen molar-refractivity contribution >= 4 is 11.7 Å². The Morgan fingerprint density at radius 3 is 2.52 bits per heavy atom. The predicted octanol–water partition coefficient (Wildman–Crippen LogP) is 4.21. The molecule has 0 fully saturated rings. The summed E-state index contributed by atoms with van der Waals surface area (Å²) in [5.74, 6) is -0.321. The first-order chi connectivity index (χ1) is 10.1. The van der Waals surface area contributed by atoms with Crippen LogP contribution in [0.2, 0.25) is 0 Å². The van der Waals surface area contributed by atoms with Crippen LogP contribution >= 0.6 is 0 Å². The van der Waals surface area contributed by atoms with Gasteiger partial charge in [-0.3, -0.25) is 0 Å². The first-order valence-corrected chi connectivity index (χ1v) is 7.17. The summed E-state index contributed by atoms with van der Waals surface area (Å²) in [6.07, 6.45) is 1.04. The highest BCUT2D eigenvalue weighted by Gasteiger charge is 2.08. The molecule has 0 spiro atoms. The second-order valence-electron chi connectivity index (χ2n) is 5.03. The summed E-state index contributed by atoms with van der Waals surface area (Å²) >= 11 is 0. The van der Waals surface area contributed by atoms with Gasteiger partial charge in [0, 0.05) is 11.7 Å². The van der Waals surface area contributed by atoms with Crippen LogP contribution in [0.4, 0.5) is 5.69 Å². The topological polar surface area (TPSA) is 38.3 Å². The van der Waals surface area contributed by atoms with Gasteiger partial charge in [0.2, 0.25) is 0 Å². The number of carbonyl (C=O) groups is 1. The molecule has 1 atom stereocenters. The van der Waals surface area contributed by atoms with E-state index in [0.29, 0.717) is 5.56 Å². The van der Waals surface area contributed by atoms with Crippen molar-refractivity contribution in [2.75, 3.05) is 12.4 Å². The Morgan fingerprint density at radius 2 is 1.90 bits per heavy atom. The lowest BCUT2D eigenvalue weighted by Crippen LogP contribution is -2.08. The number of ether oxygens (including phenoxy) is 1. The lowest BCUT2D eigenvalue weighted by molar-refractivity contribution is 0.0601. The second kappa shape index (κ2) is 6.93. The highest BCUT2D eigenvalue weighted by molar-refractivity contribution is 5.90. The normalized spacial score (nSPS) is 11.8. The van der Waals surface area contributed by atoms with E-state index < -0.39 is 0 Å². The zero-order valence-corrected chi connectivity index (χ0v) is 12.7. The molecule has 2 rings (SSSR count). The standard InChI is InChI=1S/C18H21NO2/c1-4-14-8-10-15(11-9-14)13(2)19-17-7-5-6-16(12-17)18(20)21-3/h5-13,19H,4H2,1-3H3. The molecule has 0 aliphatic carbocycles. The summed E-state index contributed by atoms with van der Waals surface area (Å²) in [4.78, 5) is 11.5. The molecule has 0 radical (unpaired) electrons. The highest BCUT2D eigenvalue weighted by atomic mass is 16.5. The molecule has 110 valence electrons. The van der Waals surface area contributed by atoms with Crippen LogP contribution in [0.1, 0.15) is 41.4 Å². The summed E-state index contributed by atoms with van der Waals surface area (Å²) in [5.41, 5.74) is 4.01. The van der Waals surface area contributed by atoms with Gasteiger partial charge in [0.05, 0.1) is 12.7 Å². The maximum atomic E-state index is 11.5. The van der Waals surface area contributed by atoms with E-state index in [0.717, 1.165) is 12.1 Å². The quantitative estimate of drug-likeness (QED) is 0.835. The average Bonchev–Trinajstić information content (AvgIpc) is 2.54. The highest BCUT2D eigenvalue weighted by Crippen LogP contribution is 2.21. The number of anilines is 1. The minimum absolute atomic E-state index is 0.170. The van der Waals surface area contributed by atoms with Gasteiger partial charge in [-0.1, -0.05) is 37.3 Å². The Morgan fingerprint density at radius 1 is 1.19 bits per heavy atom. The Labute approximate surface area is 126 Å². The number of esters is 1. The fourth-order valence-electron chi connectivity index (χ4n) is 2.23. The smallest absolute Gasteiger partial charge is 0.337 e. The molecule has 0 saturated heterocycles.